The molecule has 0 amide bonds. The van der Waals surface area contributed by atoms with E-state index in [4.69, 9.17) is 11.6 Å². The third kappa shape index (κ3) is 3.19. The van der Waals surface area contributed by atoms with Crippen molar-refractivity contribution in [3.63, 3.8) is 0 Å². The van der Waals surface area contributed by atoms with Crippen LogP contribution in [-0.4, -0.2) is 24.1 Å². The fourth-order valence-electron chi connectivity index (χ4n) is 1.69. The molecule has 0 unspecified atom stereocenters. The molecule has 0 aliphatic heterocycles. The van der Waals surface area contributed by atoms with E-state index in [0.29, 0.717) is 11.6 Å². The minimum absolute atomic E-state index is 0.667. The van der Waals surface area contributed by atoms with Gasteiger partial charge in [0.1, 0.15) is 5.82 Å². The quantitative estimate of drug-likeness (QED) is 0.915. The van der Waals surface area contributed by atoms with Crippen LogP contribution in [-0.2, 0) is 13.1 Å². The first-order valence-corrected chi connectivity index (χ1v) is 6.90. The Hall–Kier alpha value is -1.17. The van der Waals surface area contributed by atoms with Gasteiger partial charge in [-0.05, 0) is 18.7 Å². The van der Waals surface area contributed by atoms with Gasteiger partial charge >= 0.3 is 0 Å². The summed E-state index contributed by atoms with van der Waals surface area (Å²) < 4.78 is 0. The lowest BCUT2D eigenvalue weighted by molar-refractivity contribution is 0.809. The second-order valence-corrected chi connectivity index (χ2v) is 5.14. The van der Waals surface area contributed by atoms with Crippen molar-refractivity contribution >= 4 is 28.8 Å². The summed E-state index contributed by atoms with van der Waals surface area (Å²) in [7, 11) is 3.86. The summed E-state index contributed by atoms with van der Waals surface area (Å²) in [6.07, 6.45) is 1.84. The van der Waals surface area contributed by atoms with Gasteiger partial charge in [-0.1, -0.05) is 11.6 Å². The molecule has 0 aliphatic carbocycles. The number of nitrogens with zero attached hydrogens (tertiary/aromatic N) is 3. The van der Waals surface area contributed by atoms with Crippen LogP contribution in [0.5, 0.6) is 0 Å². The first kappa shape index (κ1) is 13.3. The van der Waals surface area contributed by atoms with Crippen LogP contribution in [0, 0.1) is 0 Å². The molecular weight excluding hydrogens is 268 g/mol. The number of rotatable bonds is 5. The molecule has 0 spiro atoms. The van der Waals surface area contributed by atoms with E-state index in [1.807, 2.05) is 42.1 Å². The first-order valence-electron chi connectivity index (χ1n) is 5.58. The third-order valence-corrected chi connectivity index (χ3v) is 3.42. The maximum absolute atomic E-state index is 6.25. The van der Waals surface area contributed by atoms with Gasteiger partial charge < -0.3 is 10.2 Å². The molecule has 96 valence electrons. The number of aromatic nitrogens is 2. The highest BCUT2D eigenvalue weighted by atomic mass is 35.5. The summed E-state index contributed by atoms with van der Waals surface area (Å²) in [6, 6.07) is 1.94. The average molecular weight is 283 g/mol. The normalized spacial score (nSPS) is 10.6. The molecule has 0 saturated carbocycles. The number of hydrogen-bond donors (Lipinski definition) is 1. The zero-order valence-corrected chi connectivity index (χ0v) is 11.9. The van der Waals surface area contributed by atoms with E-state index in [9.17, 15) is 0 Å². The maximum Gasteiger partial charge on any atom is 0.147 e. The van der Waals surface area contributed by atoms with Crippen molar-refractivity contribution in [3.8, 4) is 0 Å². The first-order chi connectivity index (χ1) is 8.70. The van der Waals surface area contributed by atoms with Crippen LogP contribution < -0.4 is 10.2 Å². The largest absolute Gasteiger partial charge is 0.353 e. The lowest BCUT2D eigenvalue weighted by Gasteiger charge is -2.18. The zero-order valence-electron chi connectivity index (χ0n) is 10.4. The Labute approximate surface area is 116 Å². The summed E-state index contributed by atoms with van der Waals surface area (Å²) in [5, 5.41) is 5.77. The Balaban J connectivity index is 2.12. The molecule has 0 radical (unpaired) electrons. The summed E-state index contributed by atoms with van der Waals surface area (Å²) in [6.45, 7) is 1.48. The van der Waals surface area contributed by atoms with E-state index in [1.54, 1.807) is 11.3 Å². The molecule has 0 fully saturated rings. The summed E-state index contributed by atoms with van der Waals surface area (Å²) >= 11 is 7.84. The van der Waals surface area contributed by atoms with Gasteiger partial charge in [0.25, 0.3) is 0 Å². The Kier molecular flexibility index (Phi) is 4.52. The lowest BCUT2D eigenvalue weighted by Crippen LogP contribution is -2.18. The van der Waals surface area contributed by atoms with Crippen LogP contribution in [0.2, 0.25) is 5.02 Å². The molecule has 6 heteroatoms. The van der Waals surface area contributed by atoms with Gasteiger partial charge in [0.15, 0.2) is 0 Å². The standard InChI is InChI=1S/C12H15ClN4S/c1-14-4-9-3-11(13)12(15-5-9)17(2)6-10-7-18-8-16-10/h3,5,7-8,14H,4,6H2,1-2H3. The average Bonchev–Trinajstić information content (AvgIpc) is 2.82. The van der Waals surface area contributed by atoms with Gasteiger partial charge in [0.05, 0.1) is 22.8 Å². The molecule has 0 aromatic carbocycles. The third-order valence-electron chi connectivity index (χ3n) is 2.50. The summed E-state index contributed by atoms with van der Waals surface area (Å²) in [5.74, 6) is 0.782. The smallest absolute Gasteiger partial charge is 0.147 e. The van der Waals surface area contributed by atoms with Crippen molar-refractivity contribution in [1.29, 1.82) is 0 Å². The van der Waals surface area contributed by atoms with Gasteiger partial charge in [-0.25, -0.2) is 9.97 Å². The van der Waals surface area contributed by atoms with Crippen LogP contribution in [0.15, 0.2) is 23.2 Å². The summed E-state index contributed by atoms with van der Waals surface area (Å²) in [5.41, 5.74) is 3.93. The fraction of sp³-hybridized carbons (Fsp3) is 0.333. The SMILES string of the molecule is CNCc1cnc(N(C)Cc2cscn2)c(Cl)c1. The molecule has 4 nitrogen and oxygen atoms in total. The van der Waals surface area contributed by atoms with Crippen LogP contribution in [0.25, 0.3) is 0 Å². The van der Waals surface area contributed by atoms with Crippen LogP contribution >= 0.6 is 22.9 Å². The number of nitrogens with one attached hydrogen (secondary N) is 1. The van der Waals surface area contributed by atoms with Crippen LogP contribution in [0.1, 0.15) is 11.3 Å². The van der Waals surface area contributed by atoms with Gasteiger partial charge in [-0.3, -0.25) is 0 Å². The van der Waals surface area contributed by atoms with E-state index >= 15 is 0 Å². The molecule has 2 heterocycles. The number of thiazole rings is 1. The molecule has 0 atom stereocenters. The topological polar surface area (TPSA) is 41.1 Å². The molecule has 2 aromatic heterocycles. The van der Waals surface area contributed by atoms with Gasteiger partial charge in [-0.2, -0.15) is 0 Å². The molecule has 2 rings (SSSR count). The zero-order chi connectivity index (χ0) is 13.0. The molecule has 0 saturated heterocycles. The number of hydrogen-bond acceptors (Lipinski definition) is 5. The van der Waals surface area contributed by atoms with Gasteiger partial charge in [-0.15, -0.1) is 11.3 Å². The molecule has 0 bridgehead atoms. The van der Waals surface area contributed by atoms with E-state index in [0.717, 1.165) is 23.6 Å². The predicted octanol–water partition coefficient (Wildman–Crippen LogP) is 2.55. The molecule has 18 heavy (non-hydrogen) atoms. The second-order valence-electron chi connectivity index (χ2n) is 4.02. The molecular formula is C12H15ClN4S. The van der Waals surface area contributed by atoms with Crippen molar-refractivity contribution in [3.05, 3.63) is 39.4 Å². The maximum atomic E-state index is 6.25. The van der Waals surface area contributed by atoms with E-state index < -0.39 is 0 Å². The van der Waals surface area contributed by atoms with Crippen LogP contribution in [0.4, 0.5) is 5.82 Å². The Bertz CT molecular complexity index is 501. The van der Waals surface area contributed by atoms with Gasteiger partial charge in [0.2, 0.25) is 0 Å². The van der Waals surface area contributed by atoms with Crippen molar-refractivity contribution < 1.29 is 0 Å². The lowest BCUT2D eigenvalue weighted by atomic mass is 10.2. The molecule has 2 aromatic rings. The van der Waals surface area contributed by atoms with E-state index in [2.05, 4.69) is 15.3 Å². The van der Waals surface area contributed by atoms with Crippen molar-refractivity contribution in [1.82, 2.24) is 15.3 Å². The fourth-order valence-corrected chi connectivity index (χ4v) is 2.57. The molecule has 1 N–H and O–H groups in total. The number of anilines is 1. The molecule has 0 aliphatic rings. The highest BCUT2D eigenvalue weighted by molar-refractivity contribution is 7.07. The predicted molar refractivity (Wildman–Crippen MR) is 76.2 cm³/mol. The van der Waals surface area contributed by atoms with E-state index in [1.165, 1.54) is 0 Å². The Morgan fingerprint density at radius 2 is 2.28 bits per heavy atom. The summed E-state index contributed by atoms with van der Waals surface area (Å²) in [4.78, 5) is 10.7. The minimum atomic E-state index is 0.667. The van der Waals surface area contributed by atoms with Crippen LogP contribution in [0.3, 0.4) is 0 Å². The second kappa shape index (κ2) is 6.13. The Morgan fingerprint density at radius 1 is 1.44 bits per heavy atom. The van der Waals surface area contributed by atoms with Crippen molar-refractivity contribution in [2.75, 3.05) is 19.0 Å². The van der Waals surface area contributed by atoms with Gasteiger partial charge in [0, 0.05) is 25.2 Å². The van der Waals surface area contributed by atoms with E-state index in [-0.39, 0.29) is 0 Å². The van der Waals surface area contributed by atoms with Crippen molar-refractivity contribution in [2.45, 2.75) is 13.1 Å². The number of halogens is 1. The monoisotopic (exact) mass is 282 g/mol. The highest BCUT2D eigenvalue weighted by Gasteiger charge is 2.10. The minimum Gasteiger partial charge on any atom is -0.353 e. The number of pyridine rings is 1. The van der Waals surface area contributed by atoms with Crippen molar-refractivity contribution in [2.24, 2.45) is 0 Å². The highest BCUT2D eigenvalue weighted by Crippen LogP contribution is 2.24. The Morgan fingerprint density at radius 3 is 2.89 bits per heavy atom.